The fraction of sp³-hybridized carbons (Fsp3) is 0.208. The maximum absolute atomic E-state index is 13.0. The molecule has 0 saturated heterocycles. The number of ether oxygens (including phenoxy) is 2. The molecule has 1 amide bonds. The molecule has 2 heterocycles. The van der Waals surface area contributed by atoms with Gasteiger partial charge in [-0.3, -0.25) is 9.48 Å². The Balaban J connectivity index is 1.47. The fourth-order valence-corrected chi connectivity index (χ4v) is 3.57. The fourth-order valence-electron chi connectivity index (χ4n) is 3.45. The number of rotatable bonds is 8. The second-order valence-electron chi connectivity index (χ2n) is 7.45. The topological polar surface area (TPSA) is 83.2 Å². The van der Waals surface area contributed by atoms with Gasteiger partial charge in [0.25, 0.3) is 5.91 Å². The van der Waals surface area contributed by atoms with Gasteiger partial charge in [0.2, 0.25) is 0 Å². The standard InChI is InChI=1S/C24H24ClN5O3/c1-16-23(17(2)29(28-16)14-18-5-4-6-21(13-18)32-3)27-24(31)22-11-12-26-30(22)15-33-20-9-7-19(25)8-10-20/h4-13H,14-15H2,1-3H3,(H,27,31). The van der Waals surface area contributed by atoms with Crippen molar-refractivity contribution in [2.24, 2.45) is 0 Å². The Morgan fingerprint density at radius 2 is 1.85 bits per heavy atom. The highest BCUT2D eigenvalue weighted by Crippen LogP contribution is 2.23. The highest BCUT2D eigenvalue weighted by atomic mass is 35.5. The van der Waals surface area contributed by atoms with Crippen LogP contribution in [0.2, 0.25) is 5.02 Å². The van der Waals surface area contributed by atoms with Gasteiger partial charge >= 0.3 is 0 Å². The molecule has 8 nitrogen and oxygen atoms in total. The third-order valence-corrected chi connectivity index (χ3v) is 5.45. The van der Waals surface area contributed by atoms with E-state index in [9.17, 15) is 4.79 Å². The van der Waals surface area contributed by atoms with Crippen LogP contribution in [0.5, 0.6) is 11.5 Å². The maximum Gasteiger partial charge on any atom is 0.274 e. The first-order valence-electron chi connectivity index (χ1n) is 10.3. The molecule has 2 aromatic heterocycles. The number of halogens is 1. The van der Waals surface area contributed by atoms with Crippen molar-refractivity contribution < 1.29 is 14.3 Å². The van der Waals surface area contributed by atoms with Crippen molar-refractivity contribution in [3.05, 3.63) is 88.5 Å². The maximum atomic E-state index is 13.0. The number of hydrogen-bond acceptors (Lipinski definition) is 5. The molecule has 0 atom stereocenters. The van der Waals surface area contributed by atoms with Gasteiger partial charge in [0, 0.05) is 11.2 Å². The number of hydrogen-bond donors (Lipinski definition) is 1. The number of methoxy groups -OCH3 is 1. The number of nitrogens with one attached hydrogen (secondary N) is 1. The minimum Gasteiger partial charge on any atom is -0.497 e. The van der Waals surface area contributed by atoms with Crippen LogP contribution in [0.4, 0.5) is 5.69 Å². The molecule has 9 heteroatoms. The normalized spacial score (nSPS) is 10.8. The molecule has 0 unspecified atom stereocenters. The number of aromatic nitrogens is 4. The summed E-state index contributed by atoms with van der Waals surface area (Å²) < 4.78 is 14.4. The summed E-state index contributed by atoms with van der Waals surface area (Å²) in [6, 6.07) is 16.5. The average molecular weight is 466 g/mol. The third kappa shape index (κ3) is 5.18. The first-order chi connectivity index (χ1) is 15.9. The van der Waals surface area contributed by atoms with Crippen LogP contribution < -0.4 is 14.8 Å². The van der Waals surface area contributed by atoms with E-state index in [4.69, 9.17) is 21.1 Å². The van der Waals surface area contributed by atoms with Gasteiger partial charge in [0.15, 0.2) is 6.73 Å². The van der Waals surface area contributed by atoms with Crippen molar-refractivity contribution in [3.8, 4) is 11.5 Å². The molecule has 2 aromatic carbocycles. The van der Waals surface area contributed by atoms with Crippen molar-refractivity contribution in [1.82, 2.24) is 19.6 Å². The number of amides is 1. The summed E-state index contributed by atoms with van der Waals surface area (Å²) in [5, 5.41) is 12.4. The molecule has 0 aliphatic carbocycles. The van der Waals surface area contributed by atoms with Crippen LogP contribution in [0.3, 0.4) is 0 Å². The first kappa shape index (κ1) is 22.4. The van der Waals surface area contributed by atoms with Crippen LogP contribution in [0.15, 0.2) is 60.8 Å². The average Bonchev–Trinajstić information content (AvgIpc) is 3.39. The van der Waals surface area contributed by atoms with Gasteiger partial charge in [-0.25, -0.2) is 4.68 Å². The number of carbonyl (C=O) groups excluding carboxylic acids is 1. The van der Waals surface area contributed by atoms with Crippen LogP contribution in [0, 0.1) is 13.8 Å². The molecular formula is C24H24ClN5O3. The van der Waals surface area contributed by atoms with E-state index in [-0.39, 0.29) is 12.6 Å². The molecule has 170 valence electrons. The lowest BCUT2D eigenvalue weighted by molar-refractivity contribution is 0.100. The molecule has 1 N–H and O–H groups in total. The molecule has 33 heavy (non-hydrogen) atoms. The van der Waals surface area contributed by atoms with Gasteiger partial charge in [-0.1, -0.05) is 23.7 Å². The first-order valence-corrected chi connectivity index (χ1v) is 10.7. The predicted octanol–water partition coefficient (Wildman–Crippen LogP) is 4.70. The SMILES string of the molecule is COc1cccc(Cn2nc(C)c(NC(=O)c3ccnn3COc3ccc(Cl)cc3)c2C)c1. The van der Waals surface area contributed by atoms with E-state index in [1.807, 2.05) is 42.8 Å². The van der Waals surface area contributed by atoms with Crippen LogP contribution >= 0.6 is 11.6 Å². The zero-order valence-corrected chi connectivity index (χ0v) is 19.3. The number of anilines is 1. The number of aryl methyl sites for hydroxylation is 1. The molecule has 0 aliphatic rings. The Kier molecular flexibility index (Phi) is 6.65. The van der Waals surface area contributed by atoms with E-state index >= 15 is 0 Å². The monoisotopic (exact) mass is 465 g/mol. The Labute approximate surface area is 196 Å². The second kappa shape index (κ2) is 9.79. The van der Waals surface area contributed by atoms with Crippen molar-refractivity contribution in [2.75, 3.05) is 12.4 Å². The Hall–Kier alpha value is -3.78. The Morgan fingerprint density at radius 3 is 2.61 bits per heavy atom. The molecule has 0 spiro atoms. The number of carbonyl (C=O) groups is 1. The molecule has 4 rings (SSSR count). The lowest BCUT2D eigenvalue weighted by atomic mass is 10.2. The lowest BCUT2D eigenvalue weighted by Gasteiger charge is -2.11. The van der Waals surface area contributed by atoms with Crippen LogP contribution in [-0.2, 0) is 13.3 Å². The quantitative estimate of drug-likeness (QED) is 0.408. The van der Waals surface area contributed by atoms with E-state index in [1.54, 1.807) is 43.6 Å². The predicted molar refractivity (Wildman–Crippen MR) is 126 cm³/mol. The third-order valence-electron chi connectivity index (χ3n) is 5.20. The number of benzene rings is 2. The molecule has 4 aromatic rings. The van der Waals surface area contributed by atoms with E-state index in [0.717, 1.165) is 22.7 Å². The van der Waals surface area contributed by atoms with Crippen molar-refractivity contribution in [2.45, 2.75) is 27.1 Å². The van der Waals surface area contributed by atoms with E-state index < -0.39 is 0 Å². The minimum absolute atomic E-state index is 0.0877. The summed E-state index contributed by atoms with van der Waals surface area (Å²) in [6.45, 7) is 4.44. The van der Waals surface area contributed by atoms with Crippen molar-refractivity contribution >= 4 is 23.2 Å². The second-order valence-corrected chi connectivity index (χ2v) is 7.89. The van der Waals surface area contributed by atoms with Gasteiger partial charge in [0.1, 0.15) is 17.2 Å². The molecule has 0 aliphatic heterocycles. The molecule has 0 bridgehead atoms. The van der Waals surface area contributed by atoms with Gasteiger partial charge in [0.05, 0.1) is 30.7 Å². The largest absolute Gasteiger partial charge is 0.497 e. The van der Waals surface area contributed by atoms with E-state index in [1.165, 1.54) is 4.68 Å². The van der Waals surface area contributed by atoms with E-state index in [0.29, 0.717) is 28.7 Å². The zero-order valence-electron chi connectivity index (χ0n) is 18.6. The highest BCUT2D eigenvalue weighted by Gasteiger charge is 2.18. The summed E-state index contributed by atoms with van der Waals surface area (Å²) in [6.07, 6.45) is 1.56. The van der Waals surface area contributed by atoms with Crippen LogP contribution in [0.25, 0.3) is 0 Å². The molecule has 0 saturated carbocycles. The van der Waals surface area contributed by atoms with Crippen LogP contribution in [0.1, 0.15) is 27.4 Å². The van der Waals surface area contributed by atoms with Gasteiger partial charge in [-0.15, -0.1) is 0 Å². The van der Waals surface area contributed by atoms with Crippen molar-refractivity contribution in [1.29, 1.82) is 0 Å². The molecular weight excluding hydrogens is 442 g/mol. The molecule has 0 radical (unpaired) electrons. The minimum atomic E-state index is -0.292. The summed E-state index contributed by atoms with van der Waals surface area (Å²) in [7, 11) is 1.64. The van der Waals surface area contributed by atoms with Gasteiger partial charge in [-0.2, -0.15) is 10.2 Å². The summed E-state index contributed by atoms with van der Waals surface area (Å²) >= 11 is 5.90. The summed E-state index contributed by atoms with van der Waals surface area (Å²) in [4.78, 5) is 13.0. The number of nitrogens with zero attached hydrogens (tertiary/aromatic N) is 4. The Morgan fingerprint density at radius 1 is 1.06 bits per heavy atom. The summed E-state index contributed by atoms with van der Waals surface area (Å²) in [5.41, 5.74) is 3.69. The van der Waals surface area contributed by atoms with E-state index in [2.05, 4.69) is 15.5 Å². The summed E-state index contributed by atoms with van der Waals surface area (Å²) in [5.74, 6) is 1.13. The lowest BCUT2D eigenvalue weighted by Crippen LogP contribution is -2.20. The van der Waals surface area contributed by atoms with Crippen molar-refractivity contribution in [3.63, 3.8) is 0 Å². The Bertz CT molecular complexity index is 1260. The zero-order chi connectivity index (χ0) is 23.4. The van der Waals surface area contributed by atoms with Gasteiger partial charge in [-0.05, 0) is 61.9 Å². The van der Waals surface area contributed by atoms with Gasteiger partial charge < -0.3 is 14.8 Å². The molecule has 0 fully saturated rings. The highest BCUT2D eigenvalue weighted by molar-refractivity contribution is 6.30. The van der Waals surface area contributed by atoms with Crippen LogP contribution in [-0.4, -0.2) is 32.6 Å². The smallest absolute Gasteiger partial charge is 0.274 e.